The van der Waals surface area contributed by atoms with Crippen LogP contribution in [0.5, 0.6) is 5.75 Å². The van der Waals surface area contributed by atoms with Crippen LogP contribution in [-0.2, 0) is 33.3 Å². The van der Waals surface area contributed by atoms with Gasteiger partial charge in [-0.2, -0.15) is 0 Å². The number of ether oxygens (including phenoxy) is 5. The fraction of sp³-hybridized carbons (Fsp3) is 0.500. The standard InChI is InChI=1S/C18H22O8/c1-10-5-7-14(8-6-10)26-18-17(25-13(4)21)16(24-12(3)20)15(9-22-18)23-11(2)19/h5-8,15-18H,9H2,1-4H3/t15-,16+,17?,18+/m1/s1. The summed E-state index contributed by atoms with van der Waals surface area (Å²) in [5.74, 6) is -1.31. The summed E-state index contributed by atoms with van der Waals surface area (Å²) in [4.78, 5) is 34.3. The minimum Gasteiger partial charge on any atom is -0.461 e. The Kier molecular flexibility index (Phi) is 6.57. The summed E-state index contributed by atoms with van der Waals surface area (Å²) in [6.07, 6.45) is -4.10. The highest BCUT2D eigenvalue weighted by atomic mass is 16.7. The van der Waals surface area contributed by atoms with Crippen molar-refractivity contribution in [2.24, 2.45) is 0 Å². The van der Waals surface area contributed by atoms with Gasteiger partial charge < -0.3 is 23.7 Å². The number of hydrogen-bond acceptors (Lipinski definition) is 8. The van der Waals surface area contributed by atoms with Crippen LogP contribution in [0.1, 0.15) is 26.3 Å². The average molecular weight is 366 g/mol. The maximum absolute atomic E-state index is 11.5. The summed E-state index contributed by atoms with van der Waals surface area (Å²) < 4.78 is 27.0. The molecule has 26 heavy (non-hydrogen) atoms. The molecular weight excluding hydrogens is 344 g/mol. The summed E-state index contributed by atoms with van der Waals surface area (Å²) in [7, 11) is 0. The Bertz CT molecular complexity index is 654. The lowest BCUT2D eigenvalue weighted by atomic mass is 10.0. The molecule has 0 N–H and O–H groups in total. The smallest absolute Gasteiger partial charge is 0.303 e. The number of benzene rings is 1. The van der Waals surface area contributed by atoms with Gasteiger partial charge in [-0.1, -0.05) is 17.7 Å². The van der Waals surface area contributed by atoms with Gasteiger partial charge in [-0.25, -0.2) is 0 Å². The molecule has 1 aromatic carbocycles. The molecule has 1 heterocycles. The zero-order chi connectivity index (χ0) is 19.3. The van der Waals surface area contributed by atoms with Crippen molar-refractivity contribution in [2.45, 2.75) is 52.3 Å². The van der Waals surface area contributed by atoms with Crippen LogP contribution in [0, 0.1) is 6.92 Å². The largest absolute Gasteiger partial charge is 0.461 e. The third-order valence-electron chi connectivity index (χ3n) is 3.58. The molecule has 8 heteroatoms. The first-order chi connectivity index (χ1) is 12.3. The van der Waals surface area contributed by atoms with Crippen LogP contribution < -0.4 is 4.74 Å². The van der Waals surface area contributed by atoms with Gasteiger partial charge in [-0.05, 0) is 19.1 Å². The predicted octanol–water partition coefficient (Wildman–Crippen LogP) is 1.53. The van der Waals surface area contributed by atoms with E-state index in [0.717, 1.165) is 5.56 Å². The SMILES string of the molecule is CC(=O)OC1[C@H](Oc2ccc(C)cc2)OC[C@@H](OC(C)=O)[C@@H]1OC(C)=O. The van der Waals surface area contributed by atoms with E-state index in [4.69, 9.17) is 23.7 Å². The van der Waals surface area contributed by atoms with Crippen LogP contribution in [0.4, 0.5) is 0 Å². The zero-order valence-corrected chi connectivity index (χ0v) is 15.1. The fourth-order valence-electron chi connectivity index (χ4n) is 2.56. The zero-order valence-electron chi connectivity index (χ0n) is 15.1. The van der Waals surface area contributed by atoms with E-state index < -0.39 is 42.5 Å². The van der Waals surface area contributed by atoms with Gasteiger partial charge in [0.2, 0.25) is 12.4 Å². The van der Waals surface area contributed by atoms with Gasteiger partial charge in [0.25, 0.3) is 0 Å². The second kappa shape index (κ2) is 8.66. The van der Waals surface area contributed by atoms with Gasteiger partial charge in [0.1, 0.15) is 5.75 Å². The van der Waals surface area contributed by atoms with Crippen LogP contribution in [0.25, 0.3) is 0 Å². The average Bonchev–Trinajstić information content (AvgIpc) is 2.53. The van der Waals surface area contributed by atoms with E-state index in [1.165, 1.54) is 20.8 Å². The quantitative estimate of drug-likeness (QED) is 0.572. The molecule has 8 nitrogen and oxygen atoms in total. The first-order valence-electron chi connectivity index (χ1n) is 8.13. The lowest BCUT2D eigenvalue weighted by Gasteiger charge is -2.40. The molecule has 0 saturated carbocycles. The number of hydrogen-bond donors (Lipinski definition) is 0. The first-order valence-corrected chi connectivity index (χ1v) is 8.13. The number of esters is 3. The van der Waals surface area contributed by atoms with E-state index in [0.29, 0.717) is 5.75 Å². The summed E-state index contributed by atoms with van der Waals surface area (Å²) in [5, 5.41) is 0. The topological polar surface area (TPSA) is 97.4 Å². The molecule has 1 fully saturated rings. The number of carbonyl (C=O) groups is 3. The van der Waals surface area contributed by atoms with Crippen molar-refractivity contribution in [2.75, 3.05) is 6.61 Å². The Balaban J connectivity index is 2.25. The van der Waals surface area contributed by atoms with Gasteiger partial charge in [0.05, 0.1) is 6.61 Å². The molecular formula is C18H22O8. The molecule has 0 radical (unpaired) electrons. The summed E-state index contributed by atoms with van der Waals surface area (Å²) in [5.41, 5.74) is 1.05. The highest BCUT2D eigenvalue weighted by molar-refractivity contribution is 5.68. The van der Waals surface area contributed by atoms with Crippen LogP contribution >= 0.6 is 0 Å². The Morgan fingerprint density at radius 2 is 1.42 bits per heavy atom. The molecule has 0 bridgehead atoms. The highest BCUT2D eigenvalue weighted by Gasteiger charge is 2.48. The molecule has 1 aromatic rings. The van der Waals surface area contributed by atoms with Crippen LogP contribution in [0.15, 0.2) is 24.3 Å². The third kappa shape index (κ3) is 5.45. The third-order valence-corrected chi connectivity index (χ3v) is 3.58. The van der Waals surface area contributed by atoms with Crippen molar-refractivity contribution >= 4 is 17.9 Å². The monoisotopic (exact) mass is 366 g/mol. The molecule has 2 rings (SSSR count). The molecule has 0 aromatic heterocycles. The Labute approximate surface area is 151 Å². The van der Waals surface area contributed by atoms with Crippen molar-refractivity contribution in [1.82, 2.24) is 0 Å². The maximum Gasteiger partial charge on any atom is 0.303 e. The molecule has 4 atom stereocenters. The van der Waals surface area contributed by atoms with Crippen molar-refractivity contribution < 1.29 is 38.1 Å². The highest BCUT2D eigenvalue weighted by Crippen LogP contribution is 2.27. The Morgan fingerprint density at radius 1 is 0.885 bits per heavy atom. The molecule has 0 spiro atoms. The predicted molar refractivity (Wildman–Crippen MR) is 88.2 cm³/mol. The molecule has 142 valence electrons. The van der Waals surface area contributed by atoms with Gasteiger partial charge >= 0.3 is 17.9 Å². The van der Waals surface area contributed by atoms with E-state index in [1.54, 1.807) is 12.1 Å². The lowest BCUT2D eigenvalue weighted by Crippen LogP contribution is -2.59. The second-order valence-electron chi connectivity index (χ2n) is 5.93. The Hall–Kier alpha value is -2.61. The van der Waals surface area contributed by atoms with E-state index in [2.05, 4.69) is 0 Å². The number of rotatable bonds is 5. The van der Waals surface area contributed by atoms with E-state index in [9.17, 15) is 14.4 Å². The second-order valence-corrected chi connectivity index (χ2v) is 5.93. The normalized spacial score (nSPS) is 25.1. The minimum atomic E-state index is -1.10. The van der Waals surface area contributed by atoms with Crippen LogP contribution in [-0.4, -0.2) is 49.1 Å². The first kappa shape index (κ1) is 19.7. The van der Waals surface area contributed by atoms with Crippen molar-refractivity contribution in [3.8, 4) is 5.75 Å². The summed E-state index contributed by atoms with van der Waals surface area (Å²) >= 11 is 0. The molecule has 0 aliphatic carbocycles. The van der Waals surface area contributed by atoms with Gasteiger partial charge in [0.15, 0.2) is 12.2 Å². The van der Waals surface area contributed by atoms with Gasteiger partial charge in [0, 0.05) is 20.8 Å². The van der Waals surface area contributed by atoms with Crippen molar-refractivity contribution in [3.05, 3.63) is 29.8 Å². The molecule has 0 amide bonds. The van der Waals surface area contributed by atoms with Crippen molar-refractivity contribution in [1.29, 1.82) is 0 Å². The Morgan fingerprint density at radius 3 is 1.96 bits per heavy atom. The molecule has 1 aliphatic heterocycles. The lowest BCUT2D eigenvalue weighted by molar-refractivity contribution is -0.259. The van der Waals surface area contributed by atoms with Crippen LogP contribution in [0.3, 0.4) is 0 Å². The summed E-state index contributed by atoms with van der Waals surface area (Å²) in [6.45, 7) is 5.50. The van der Waals surface area contributed by atoms with Gasteiger partial charge in [-0.15, -0.1) is 0 Å². The fourth-order valence-corrected chi connectivity index (χ4v) is 2.56. The van der Waals surface area contributed by atoms with Crippen molar-refractivity contribution in [3.63, 3.8) is 0 Å². The minimum absolute atomic E-state index is 0.0776. The molecule has 1 saturated heterocycles. The van der Waals surface area contributed by atoms with E-state index in [1.807, 2.05) is 19.1 Å². The van der Waals surface area contributed by atoms with Crippen LogP contribution in [0.2, 0.25) is 0 Å². The van der Waals surface area contributed by atoms with E-state index >= 15 is 0 Å². The maximum atomic E-state index is 11.5. The number of carbonyl (C=O) groups excluding carboxylic acids is 3. The van der Waals surface area contributed by atoms with Gasteiger partial charge in [-0.3, -0.25) is 14.4 Å². The number of aryl methyl sites for hydroxylation is 1. The van der Waals surface area contributed by atoms with E-state index in [-0.39, 0.29) is 6.61 Å². The molecule has 1 aliphatic rings. The summed E-state index contributed by atoms with van der Waals surface area (Å²) in [6, 6.07) is 7.18. The molecule has 1 unspecified atom stereocenters.